The molecule has 6 heteroatoms. The molecule has 0 unspecified atom stereocenters. The average Bonchev–Trinajstić information content (AvgIpc) is 2.46. The van der Waals surface area contributed by atoms with Crippen molar-refractivity contribution >= 4 is 17.3 Å². The van der Waals surface area contributed by atoms with Gasteiger partial charge in [-0.3, -0.25) is 15.1 Å². The molecule has 1 aromatic carbocycles. The Morgan fingerprint density at radius 2 is 1.95 bits per heavy atom. The molecule has 0 amide bonds. The number of ether oxygens (including phenoxy) is 1. The first-order valence-corrected chi connectivity index (χ1v) is 6.09. The third kappa shape index (κ3) is 3.66. The molecule has 1 aromatic heterocycles. The Bertz CT molecular complexity index is 555. The number of halogens is 1. The lowest BCUT2D eigenvalue weighted by Gasteiger charge is -2.06. The highest BCUT2D eigenvalue weighted by molar-refractivity contribution is 6.16. The zero-order valence-electron chi connectivity index (χ0n) is 9.95. The summed E-state index contributed by atoms with van der Waals surface area (Å²) < 4.78 is 5.52. The minimum atomic E-state index is -0.431. The molecule has 2 rings (SSSR count). The Balaban J connectivity index is 1.95. The lowest BCUT2D eigenvalue weighted by molar-refractivity contribution is -0.384. The van der Waals surface area contributed by atoms with Crippen LogP contribution in [0.2, 0.25) is 0 Å². The van der Waals surface area contributed by atoms with E-state index in [4.69, 9.17) is 16.3 Å². The van der Waals surface area contributed by atoms with E-state index in [1.54, 1.807) is 30.5 Å². The topological polar surface area (TPSA) is 65.3 Å². The summed E-state index contributed by atoms with van der Waals surface area (Å²) in [4.78, 5) is 14.2. The van der Waals surface area contributed by atoms with E-state index in [2.05, 4.69) is 4.98 Å². The fourth-order valence-electron chi connectivity index (χ4n) is 1.46. The number of aromatic nitrogens is 1. The van der Waals surface area contributed by atoms with Gasteiger partial charge in [-0.1, -0.05) is 0 Å². The monoisotopic (exact) mass is 278 g/mol. The highest BCUT2D eigenvalue weighted by Crippen LogP contribution is 2.15. The van der Waals surface area contributed by atoms with E-state index in [9.17, 15) is 10.1 Å². The molecule has 1 heterocycles. The summed E-state index contributed by atoms with van der Waals surface area (Å²) in [6, 6.07) is 9.81. The molecule has 0 aliphatic heterocycles. The number of alkyl halides is 1. The van der Waals surface area contributed by atoms with Crippen LogP contribution in [0.5, 0.6) is 5.75 Å². The van der Waals surface area contributed by atoms with Crippen molar-refractivity contribution in [1.82, 2.24) is 4.98 Å². The molecule has 0 saturated carbocycles. The maximum atomic E-state index is 10.5. The number of nitrogens with zero attached hydrogens (tertiary/aromatic N) is 2. The van der Waals surface area contributed by atoms with Gasteiger partial charge in [0.25, 0.3) is 5.69 Å². The Kier molecular flexibility index (Phi) is 4.30. The van der Waals surface area contributed by atoms with E-state index in [1.165, 1.54) is 12.1 Å². The predicted octanol–water partition coefficient (Wildman–Crippen LogP) is 3.31. The second-order valence-electron chi connectivity index (χ2n) is 3.83. The molecular formula is C13H11ClN2O3. The van der Waals surface area contributed by atoms with Crippen molar-refractivity contribution in [2.24, 2.45) is 0 Å². The number of hydrogen-bond acceptors (Lipinski definition) is 4. The van der Waals surface area contributed by atoms with Gasteiger partial charge in [0.15, 0.2) is 0 Å². The lowest BCUT2D eigenvalue weighted by atomic mass is 10.2. The minimum Gasteiger partial charge on any atom is -0.487 e. The molecule has 0 saturated heterocycles. The average molecular weight is 279 g/mol. The highest BCUT2D eigenvalue weighted by Gasteiger charge is 2.04. The molecule has 0 radical (unpaired) electrons. The standard InChI is InChI=1S/C13H11ClN2O3/c14-7-11-3-6-13(8-15-11)19-9-10-1-4-12(5-2-10)16(17)18/h1-6,8H,7,9H2. The zero-order chi connectivity index (χ0) is 13.7. The number of nitro benzene ring substituents is 1. The summed E-state index contributed by atoms with van der Waals surface area (Å²) in [5.41, 5.74) is 1.70. The van der Waals surface area contributed by atoms with Crippen LogP contribution in [0.1, 0.15) is 11.3 Å². The van der Waals surface area contributed by atoms with Crippen LogP contribution in [0.25, 0.3) is 0 Å². The Morgan fingerprint density at radius 1 is 1.21 bits per heavy atom. The van der Waals surface area contributed by atoms with E-state index in [0.29, 0.717) is 18.2 Å². The van der Waals surface area contributed by atoms with Crippen LogP contribution in [0, 0.1) is 10.1 Å². The van der Waals surface area contributed by atoms with E-state index >= 15 is 0 Å². The first-order valence-electron chi connectivity index (χ1n) is 5.56. The van der Waals surface area contributed by atoms with Crippen molar-refractivity contribution in [3.63, 3.8) is 0 Å². The van der Waals surface area contributed by atoms with Gasteiger partial charge in [0.1, 0.15) is 12.4 Å². The summed E-state index contributed by atoms with van der Waals surface area (Å²) in [6.45, 7) is 0.333. The van der Waals surface area contributed by atoms with Gasteiger partial charge in [-0.05, 0) is 29.8 Å². The van der Waals surface area contributed by atoms with E-state index in [0.717, 1.165) is 11.3 Å². The van der Waals surface area contributed by atoms with Crippen LogP contribution < -0.4 is 4.74 Å². The molecule has 98 valence electrons. The number of non-ortho nitro benzene ring substituents is 1. The minimum absolute atomic E-state index is 0.0666. The number of nitro groups is 1. The Hall–Kier alpha value is -2.14. The van der Waals surface area contributed by atoms with Gasteiger partial charge in [0, 0.05) is 12.1 Å². The molecule has 0 bridgehead atoms. The fourth-order valence-corrected chi connectivity index (χ4v) is 1.61. The molecule has 19 heavy (non-hydrogen) atoms. The molecule has 5 nitrogen and oxygen atoms in total. The van der Waals surface area contributed by atoms with Crippen LogP contribution in [-0.4, -0.2) is 9.91 Å². The molecule has 0 fully saturated rings. The van der Waals surface area contributed by atoms with Gasteiger partial charge in [-0.2, -0.15) is 0 Å². The smallest absolute Gasteiger partial charge is 0.269 e. The molecular weight excluding hydrogens is 268 g/mol. The van der Waals surface area contributed by atoms with Crippen LogP contribution >= 0.6 is 11.6 Å². The lowest BCUT2D eigenvalue weighted by Crippen LogP contribution is -1.97. The molecule has 0 aliphatic carbocycles. The normalized spacial score (nSPS) is 10.2. The van der Waals surface area contributed by atoms with Crippen molar-refractivity contribution in [2.45, 2.75) is 12.5 Å². The quantitative estimate of drug-likeness (QED) is 0.478. The number of rotatable bonds is 5. The third-order valence-electron chi connectivity index (χ3n) is 2.49. The van der Waals surface area contributed by atoms with Crippen LogP contribution in [0.4, 0.5) is 5.69 Å². The van der Waals surface area contributed by atoms with Crippen molar-refractivity contribution in [2.75, 3.05) is 0 Å². The molecule has 0 aliphatic rings. The molecule has 0 spiro atoms. The third-order valence-corrected chi connectivity index (χ3v) is 2.76. The van der Waals surface area contributed by atoms with E-state index < -0.39 is 4.92 Å². The second-order valence-corrected chi connectivity index (χ2v) is 4.10. The summed E-state index contributed by atoms with van der Waals surface area (Å²) in [5.74, 6) is 0.995. The van der Waals surface area contributed by atoms with Gasteiger partial charge in [-0.25, -0.2) is 0 Å². The van der Waals surface area contributed by atoms with Gasteiger partial charge >= 0.3 is 0 Å². The van der Waals surface area contributed by atoms with E-state index in [-0.39, 0.29) is 5.69 Å². The predicted molar refractivity (Wildman–Crippen MR) is 71.2 cm³/mol. The fraction of sp³-hybridized carbons (Fsp3) is 0.154. The number of pyridine rings is 1. The maximum absolute atomic E-state index is 10.5. The summed E-state index contributed by atoms with van der Waals surface area (Å²) in [6.07, 6.45) is 1.60. The van der Waals surface area contributed by atoms with Gasteiger partial charge in [-0.15, -0.1) is 11.6 Å². The van der Waals surface area contributed by atoms with Gasteiger partial charge in [0.2, 0.25) is 0 Å². The molecule has 0 atom stereocenters. The SMILES string of the molecule is O=[N+]([O-])c1ccc(COc2ccc(CCl)nc2)cc1. The first kappa shape index (κ1) is 13.3. The summed E-state index contributed by atoms with van der Waals surface area (Å²) in [5, 5.41) is 10.5. The Morgan fingerprint density at radius 3 is 2.47 bits per heavy atom. The van der Waals surface area contributed by atoms with Crippen molar-refractivity contribution in [3.05, 3.63) is 64.0 Å². The summed E-state index contributed by atoms with van der Waals surface area (Å²) in [7, 11) is 0. The van der Waals surface area contributed by atoms with Gasteiger partial charge in [0.05, 0.1) is 22.7 Å². The van der Waals surface area contributed by atoms with Crippen LogP contribution in [-0.2, 0) is 12.5 Å². The number of hydrogen-bond donors (Lipinski definition) is 0. The van der Waals surface area contributed by atoms with E-state index in [1.807, 2.05) is 0 Å². The Labute approximate surface area is 115 Å². The maximum Gasteiger partial charge on any atom is 0.269 e. The number of benzene rings is 1. The van der Waals surface area contributed by atoms with Crippen molar-refractivity contribution in [1.29, 1.82) is 0 Å². The summed E-state index contributed by atoms with van der Waals surface area (Å²) >= 11 is 5.63. The highest BCUT2D eigenvalue weighted by atomic mass is 35.5. The van der Waals surface area contributed by atoms with Crippen LogP contribution in [0.15, 0.2) is 42.6 Å². The van der Waals surface area contributed by atoms with Crippen molar-refractivity contribution < 1.29 is 9.66 Å². The molecule has 0 N–H and O–H groups in total. The molecule has 2 aromatic rings. The largest absolute Gasteiger partial charge is 0.487 e. The first-order chi connectivity index (χ1) is 9.19. The second kappa shape index (κ2) is 6.15. The van der Waals surface area contributed by atoms with Crippen LogP contribution in [0.3, 0.4) is 0 Å². The van der Waals surface area contributed by atoms with Crippen molar-refractivity contribution in [3.8, 4) is 5.75 Å². The zero-order valence-corrected chi connectivity index (χ0v) is 10.7. The van der Waals surface area contributed by atoms with Gasteiger partial charge < -0.3 is 4.74 Å².